The molecule has 0 unspecified atom stereocenters. The summed E-state index contributed by atoms with van der Waals surface area (Å²) in [6.45, 7) is 3.76. The number of methoxy groups -OCH3 is 1. The number of hydrogen-bond acceptors (Lipinski definition) is 8. The van der Waals surface area contributed by atoms with E-state index in [2.05, 4.69) is 20.4 Å². The zero-order chi connectivity index (χ0) is 13.7. The van der Waals surface area contributed by atoms with E-state index >= 15 is 0 Å². The number of rotatable bonds is 6. The average Bonchev–Trinajstić information content (AvgIpc) is 2.34. The Morgan fingerprint density at radius 1 is 1.44 bits per heavy atom. The lowest BCUT2D eigenvalue weighted by Gasteiger charge is -2.25. The minimum atomic E-state index is -0.481. The van der Waals surface area contributed by atoms with Crippen molar-refractivity contribution in [2.24, 2.45) is 11.6 Å². The number of amides is 1. The third-order valence-electron chi connectivity index (χ3n) is 2.12. The van der Waals surface area contributed by atoms with Crippen molar-refractivity contribution in [3.05, 3.63) is 0 Å². The van der Waals surface area contributed by atoms with E-state index in [4.69, 9.17) is 16.3 Å². The van der Waals surface area contributed by atoms with Crippen LogP contribution in [0.2, 0.25) is 0 Å². The summed E-state index contributed by atoms with van der Waals surface area (Å²) in [6, 6.07) is 0.0818. The van der Waals surface area contributed by atoms with Crippen molar-refractivity contribution in [2.75, 3.05) is 24.0 Å². The molecule has 0 fully saturated rings. The molecule has 0 aliphatic carbocycles. The van der Waals surface area contributed by atoms with E-state index in [0.29, 0.717) is 0 Å². The van der Waals surface area contributed by atoms with Gasteiger partial charge in [0.25, 0.3) is 0 Å². The highest BCUT2D eigenvalue weighted by molar-refractivity contribution is 5.79. The molecule has 1 amide bonds. The lowest BCUT2D eigenvalue weighted by atomic mass is 10.3. The summed E-state index contributed by atoms with van der Waals surface area (Å²) in [7, 11) is 1.42. The van der Waals surface area contributed by atoms with Crippen molar-refractivity contribution in [3.63, 3.8) is 0 Å². The molecule has 0 saturated carbocycles. The molecule has 0 aliphatic heterocycles. The first-order valence-corrected chi connectivity index (χ1v) is 5.29. The number of nitrogens with two attached hydrogens (primary N) is 2. The number of carbonyl (C=O) groups excluding carboxylic acids is 1. The fourth-order valence-electron chi connectivity index (χ4n) is 1.28. The van der Waals surface area contributed by atoms with E-state index in [1.165, 1.54) is 7.11 Å². The quantitative estimate of drug-likeness (QED) is 0.429. The Morgan fingerprint density at radius 3 is 2.56 bits per heavy atom. The Hall–Kier alpha value is -2.16. The number of anilines is 2. The smallest absolute Gasteiger partial charge is 0.322 e. The highest BCUT2D eigenvalue weighted by Gasteiger charge is 2.18. The molecular weight excluding hydrogens is 238 g/mol. The minimum Gasteiger partial charge on any atom is -0.467 e. The number of hydrazine groups is 1. The van der Waals surface area contributed by atoms with Gasteiger partial charge in [-0.2, -0.15) is 15.0 Å². The van der Waals surface area contributed by atoms with E-state index < -0.39 is 5.91 Å². The third kappa shape index (κ3) is 3.42. The summed E-state index contributed by atoms with van der Waals surface area (Å²) >= 11 is 0. The standard InChI is InChI=1S/C9H17N7O2/c1-5(2)16(4-6(10)17)8-12-7(15-11)13-9(14-8)18-3/h5H,4,11H2,1-3H3,(H2,10,17)(H,12,13,14,15). The zero-order valence-electron chi connectivity index (χ0n) is 10.5. The number of carbonyl (C=O) groups is 1. The van der Waals surface area contributed by atoms with Crippen molar-refractivity contribution in [2.45, 2.75) is 19.9 Å². The van der Waals surface area contributed by atoms with Gasteiger partial charge in [-0.3, -0.25) is 10.2 Å². The number of hydrogen-bond donors (Lipinski definition) is 3. The van der Waals surface area contributed by atoms with E-state index in [9.17, 15) is 4.79 Å². The summed E-state index contributed by atoms with van der Waals surface area (Å²) in [6.07, 6.45) is 0. The molecule has 9 nitrogen and oxygen atoms in total. The second kappa shape index (κ2) is 5.96. The van der Waals surface area contributed by atoms with E-state index in [-0.39, 0.29) is 30.5 Å². The normalized spacial score (nSPS) is 10.3. The predicted octanol–water partition coefficient (Wildman–Crippen LogP) is -1.13. The monoisotopic (exact) mass is 255 g/mol. The van der Waals surface area contributed by atoms with Crippen molar-refractivity contribution >= 4 is 17.8 Å². The van der Waals surface area contributed by atoms with Crippen LogP contribution in [-0.2, 0) is 4.79 Å². The molecule has 1 rings (SSSR count). The number of primary amides is 1. The van der Waals surface area contributed by atoms with Gasteiger partial charge in [0.15, 0.2) is 0 Å². The fraction of sp³-hybridized carbons (Fsp3) is 0.556. The molecule has 18 heavy (non-hydrogen) atoms. The van der Waals surface area contributed by atoms with Crippen LogP contribution in [0.1, 0.15) is 13.8 Å². The highest BCUT2D eigenvalue weighted by Crippen LogP contribution is 2.16. The van der Waals surface area contributed by atoms with Gasteiger partial charge in [0, 0.05) is 6.04 Å². The maximum atomic E-state index is 11.0. The first-order valence-electron chi connectivity index (χ1n) is 5.29. The number of nitrogens with one attached hydrogen (secondary N) is 1. The van der Waals surface area contributed by atoms with Gasteiger partial charge in [-0.15, -0.1) is 0 Å². The maximum absolute atomic E-state index is 11.0. The molecule has 5 N–H and O–H groups in total. The number of aromatic nitrogens is 3. The summed E-state index contributed by atoms with van der Waals surface area (Å²) in [5.41, 5.74) is 7.49. The van der Waals surface area contributed by atoms with Crippen LogP contribution in [0.15, 0.2) is 0 Å². The molecule has 1 aromatic rings. The van der Waals surface area contributed by atoms with Crippen molar-refractivity contribution in [1.29, 1.82) is 0 Å². The number of nitrogens with zero attached hydrogens (tertiary/aromatic N) is 4. The number of ether oxygens (including phenoxy) is 1. The molecule has 0 spiro atoms. The fourth-order valence-corrected chi connectivity index (χ4v) is 1.28. The van der Waals surface area contributed by atoms with Crippen molar-refractivity contribution < 1.29 is 9.53 Å². The molecule has 1 heterocycles. The molecule has 0 aromatic carbocycles. The Morgan fingerprint density at radius 2 is 2.11 bits per heavy atom. The van der Waals surface area contributed by atoms with Crippen LogP contribution in [0.5, 0.6) is 6.01 Å². The minimum absolute atomic E-state index is 0.00511. The summed E-state index contributed by atoms with van der Waals surface area (Å²) in [5, 5.41) is 0. The van der Waals surface area contributed by atoms with Gasteiger partial charge in [-0.1, -0.05) is 0 Å². The van der Waals surface area contributed by atoms with Gasteiger partial charge in [-0.25, -0.2) is 5.84 Å². The van der Waals surface area contributed by atoms with Gasteiger partial charge in [0.2, 0.25) is 17.8 Å². The van der Waals surface area contributed by atoms with Crippen LogP contribution in [0, 0.1) is 0 Å². The van der Waals surface area contributed by atoms with Crippen LogP contribution in [0.4, 0.5) is 11.9 Å². The molecule has 0 aliphatic rings. The van der Waals surface area contributed by atoms with Crippen LogP contribution in [-0.4, -0.2) is 40.6 Å². The molecule has 0 saturated heterocycles. The Balaban J connectivity index is 3.13. The topological polar surface area (TPSA) is 132 Å². The Kier molecular flexibility index (Phi) is 4.60. The SMILES string of the molecule is COc1nc(NN)nc(N(CC(N)=O)C(C)C)n1. The largest absolute Gasteiger partial charge is 0.467 e. The van der Waals surface area contributed by atoms with E-state index in [0.717, 1.165) is 0 Å². The molecule has 1 aromatic heterocycles. The van der Waals surface area contributed by atoms with E-state index in [1.807, 2.05) is 13.8 Å². The Labute approximate surface area is 105 Å². The molecule has 0 bridgehead atoms. The molecule has 9 heteroatoms. The first-order chi connectivity index (χ1) is 8.47. The summed E-state index contributed by atoms with van der Waals surface area (Å²) < 4.78 is 4.93. The van der Waals surface area contributed by atoms with Gasteiger partial charge >= 0.3 is 6.01 Å². The van der Waals surface area contributed by atoms with Gasteiger partial charge in [0.1, 0.15) is 0 Å². The first kappa shape index (κ1) is 13.9. The molecule has 0 atom stereocenters. The highest BCUT2D eigenvalue weighted by atomic mass is 16.5. The van der Waals surface area contributed by atoms with Crippen molar-refractivity contribution in [3.8, 4) is 6.01 Å². The third-order valence-corrected chi connectivity index (χ3v) is 2.12. The van der Waals surface area contributed by atoms with Crippen LogP contribution < -0.4 is 26.6 Å². The van der Waals surface area contributed by atoms with Crippen LogP contribution >= 0.6 is 0 Å². The molecule has 100 valence electrons. The lowest BCUT2D eigenvalue weighted by molar-refractivity contribution is -0.116. The second-order valence-corrected chi connectivity index (χ2v) is 3.78. The zero-order valence-corrected chi connectivity index (χ0v) is 10.5. The molecular formula is C9H17N7O2. The predicted molar refractivity (Wildman–Crippen MR) is 65.9 cm³/mol. The summed E-state index contributed by atoms with van der Waals surface area (Å²) in [4.78, 5) is 24.6. The van der Waals surface area contributed by atoms with Gasteiger partial charge < -0.3 is 15.4 Å². The number of nitrogen functional groups attached to an aromatic ring is 1. The van der Waals surface area contributed by atoms with Gasteiger partial charge in [0.05, 0.1) is 13.7 Å². The summed E-state index contributed by atoms with van der Waals surface area (Å²) in [5.74, 6) is 5.18. The maximum Gasteiger partial charge on any atom is 0.322 e. The van der Waals surface area contributed by atoms with Crippen LogP contribution in [0.3, 0.4) is 0 Å². The average molecular weight is 255 g/mol. The van der Waals surface area contributed by atoms with E-state index in [1.54, 1.807) is 4.90 Å². The van der Waals surface area contributed by atoms with Crippen molar-refractivity contribution in [1.82, 2.24) is 15.0 Å². The lowest BCUT2D eigenvalue weighted by Crippen LogP contribution is -2.40. The molecule has 0 radical (unpaired) electrons. The Bertz CT molecular complexity index is 401. The second-order valence-electron chi connectivity index (χ2n) is 3.78. The van der Waals surface area contributed by atoms with Crippen LogP contribution in [0.25, 0.3) is 0 Å². The van der Waals surface area contributed by atoms with Gasteiger partial charge in [-0.05, 0) is 13.8 Å².